The third-order valence-corrected chi connectivity index (χ3v) is 11.5. The first-order valence-electron chi connectivity index (χ1n) is 21.8. The van der Waals surface area contributed by atoms with Gasteiger partial charge >= 0.3 is 6.03 Å². The van der Waals surface area contributed by atoms with Crippen LogP contribution in [0.4, 0.5) is 16.7 Å². The molecule has 6 heterocycles. The first-order chi connectivity index (χ1) is 30.9. The number of piperazine rings is 1. The van der Waals surface area contributed by atoms with Crippen LogP contribution in [-0.2, 0) is 43.9 Å². The van der Waals surface area contributed by atoms with Crippen molar-refractivity contribution in [1.29, 1.82) is 0 Å². The molecule has 7 rings (SSSR count). The Labute approximate surface area is 371 Å². The molecule has 4 aromatic heterocycles. The number of carbonyl (C=O) groups is 4. The first-order valence-corrected chi connectivity index (χ1v) is 21.8. The number of ether oxygens (including phenoxy) is 2. The smallest absolute Gasteiger partial charge is 0.315 e. The number of aromatic nitrogens is 8. The number of methoxy groups -OCH3 is 1. The highest BCUT2D eigenvalue weighted by molar-refractivity contribution is 6.04. The Morgan fingerprint density at radius 2 is 1.36 bits per heavy atom. The van der Waals surface area contributed by atoms with Crippen molar-refractivity contribution >= 4 is 46.7 Å². The van der Waals surface area contributed by atoms with E-state index < -0.39 is 17.8 Å². The number of amides is 5. The van der Waals surface area contributed by atoms with Gasteiger partial charge in [-0.3, -0.25) is 39.3 Å². The molecule has 2 aliphatic rings. The molecule has 64 heavy (non-hydrogen) atoms. The molecular weight excluding hydrogens is 823 g/mol. The summed E-state index contributed by atoms with van der Waals surface area (Å²) in [5.74, 6) is -0.459. The summed E-state index contributed by atoms with van der Waals surface area (Å²) in [7, 11) is 1.72. The van der Waals surface area contributed by atoms with E-state index in [1.165, 1.54) is 4.90 Å². The molecule has 0 bridgehead atoms. The van der Waals surface area contributed by atoms with Gasteiger partial charge in [-0.15, -0.1) is 0 Å². The third kappa shape index (κ3) is 10.3. The lowest BCUT2D eigenvalue weighted by atomic mass is 10.1. The number of hydrogen-bond acceptors (Lipinski definition) is 12. The Morgan fingerprint density at radius 1 is 0.766 bits per heavy atom. The highest BCUT2D eigenvalue weighted by atomic mass is 16.5. The topological polar surface area (TPSA) is 244 Å². The number of anilines is 2. The molecule has 0 saturated carbocycles. The van der Waals surface area contributed by atoms with Gasteiger partial charge < -0.3 is 39.9 Å². The fourth-order valence-corrected chi connectivity index (χ4v) is 8.24. The standard InChI is InChI=1S/C43H59N15O6/c1-6-57-34(23-28(3)50-57)39(60)48-42-47-32-27-54(41(45)62)15-11-33(32)55(42)13-8-9-14-56-37-31(46-43(56)49-40(61)35-24-29(4)51-58(35)7-2)25-30(38(44)59)26-36(37)64-21-10-12-52-16-18-53(19-17-52)20-22-63-5/h8-9,23-26H,6-7,10-22,27H2,1-5H3,(H2,44,59)(H2,45,62)(H,46,49,61)(H,47,48,60)/b9-8+. The molecule has 2 aliphatic heterocycles. The maximum atomic E-state index is 13.8. The molecule has 6 N–H and O–H groups in total. The van der Waals surface area contributed by atoms with Gasteiger partial charge in [-0.2, -0.15) is 10.2 Å². The van der Waals surface area contributed by atoms with E-state index >= 15 is 0 Å². The second kappa shape index (κ2) is 20.3. The van der Waals surface area contributed by atoms with E-state index in [2.05, 4.69) is 30.6 Å². The SMILES string of the molecule is CCn1nc(C)cc1C(=O)Nc1nc2c(n1C/C=C/Cn1c(NC(=O)c3cc(C)nn3CC)nc3cc(C(N)=O)cc(OCCCN4CCN(CCOC)CC4)c31)CCN(C(N)=O)C2. The third-order valence-electron chi connectivity index (χ3n) is 11.5. The Kier molecular flexibility index (Phi) is 14.4. The molecule has 342 valence electrons. The van der Waals surface area contributed by atoms with Crippen LogP contribution in [0, 0.1) is 13.8 Å². The highest BCUT2D eigenvalue weighted by Crippen LogP contribution is 2.32. The number of primary amides is 2. The molecule has 0 atom stereocenters. The summed E-state index contributed by atoms with van der Waals surface area (Å²) < 4.78 is 18.7. The molecule has 21 nitrogen and oxygen atoms in total. The molecular formula is C43H59N15O6. The largest absolute Gasteiger partial charge is 0.491 e. The molecule has 5 amide bonds. The summed E-state index contributed by atoms with van der Waals surface area (Å²) >= 11 is 0. The van der Waals surface area contributed by atoms with E-state index in [0.717, 1.165) is 51.4 Å². The zero-order valence-electron chi connectivity index (χ0n) is 37.3. The predicted molar refractivity (Wildman–Crippen MR) is 239 cm³/mol. The van der Waals surface area contributed by atoms with Crippen molar-refractivity contribution < 1.29 is 28.7 Å². The number of hydrogen-bond donors (Lipinski definition) is 4. The molecule has 0 spiro atoms. The Hall–Kier alpha value is -6.58. The molecule has 0 unspecified atom stereocenters. The van der Waals surface area contributed by atoms with Crippen molar-refractivity contribution in [3.05, 3.63) is 76.1 Å². The van der Waals surface area contributed by atoms with Gasteiger partial charge in [0.15, 0.2) is 0 Å². The van der Waals surface area contributed by atoms with Gasteiger partial charge in [0, 0.05) is 96.8 Å². The zero-order valence-corrected chi connectivity index (χ0v) is 37.3. The minimum absolute atomic E-state index is 0.207. The molecule has 1 saturated heterocycles. The van der Waals surface area contributed by atoms with Gasteiger partial charge in [0.1, 0.15) is 22.7 Å². The summed E-state index contributed by atoms with van der Waals surface area (Å²) in [4.78, 5) is 68.1. The number of nitrogens with two attached hydrogens (primary N) is 2. The number of urea groups is 1. The van der Waals surface area contributed by atoms with Crippen LogP contribution in [0.25, 0.3) is 11.0 Å². The summed E-state index contributed by atoms with van der Waals surface area (Å²) in [6.45, 7) is 16.3. The minimum atomic E-state index is -0.639. The quantitative estimate of drug-likeness (QED) is 0.0691. The van der Waals surface area contributed by atoms with Crippen LogP contribution in [-0.4, -0.2) is 143 Å². The lowest BCUT2D eigenvalue weighted by molar-refractivity contribution is 0.0941. The van der Waals surface area contributed by atoms with Crippen molar-refractivity contribution in [2.45, 2.75) is 73.3 Å². The zero-order chi connectivity index (χ0) is 45.5. The van der Waals surface area contributed by atoms with E-state index in [1.54, 1.807) is 40.7 Å². The molecule has 5 aromatic rings. The fourth-order valence-electron chi connectivity index (χ4n) is 8.24. The average molecular weight is 882 g/mol. The monoisotopic (exact) mass is 881 g/mol. The van der Waals surface area contributed by atoms with Crippen LogP contribution >= 0.6 is 0 Å². The van der Waals surface area contributed by atoms with Crippen LogP contribution in [0.3, 0.4) is 0 Å². The number of aryl methyl sites for hydroxylation is 4. The molecule has 1 aromatic carbocycles. The summed E-state index contributed by atoms with van der Waals surface area (Å²) in [6, 6.07) is 6.11. The maximum absolute atomic E-state index is 13.8. The fraction of sp³-hybridized carbons (Fsp3) is 0.488. The van der Waals surface area contributed by atoms with Crippen LogP contribution < -0.4 is 26.8 Å². The Bertz CT molecular complexity index is 2520. The van der Waals surface area contributed by atoms with Crippen molar-refractivity contribution in [3.63, 3.8) is 0 Å². The number of imidazole rings is 2. The van der Waals surface area contributed by atoms with E-state index in [9.17, 15) is 19.2 Å². The van der Waals surface area contributed by atoms with E-state index in [-0.39, 0.29) is 30.5 Å². The van der Waals surface area contributed by atoms with Crippen LogP contribution in [0.5, 0.6) is 5.75 Å². The Balaban J connectivity index is 1.17. The molecule has 21 heteroatoms. The highest BCUT2D eigenvalue weighted by Gasteiger charge is 2.28. The van der Waals surface area contributed by atoms with Crippen LogP contribution in [0.15, 0.2) is 36.4 Å². The van der Waals surface area contributed by atoms with Gasteiger partial charge in [0.25, 0.3) is 11.8 Å². The molecule has 0 aliphatic carbocycles. The van der Waals surface area contributed by atoms with Gasteiger partial charge in [-0.05, 0) is 58.4 Å². The number of nitrogens with zero attached hydrogens (tertiary/aromatic N) is 11. The van der Waals surface area contributed by atoms with Crippen molar-refractivity contribution in [1.82, 2.24) is 53.4 Å². The minimum Gasteiger partial charge on any atom is -0.491 e. The van der Waals surface area contributed by atoms with Gasteiger partial charge in [0.05, 0.1) is 42.4 Å². The first kappa shape index (κ1) is 45.4. The van der Waals surface area contributed by atoms with Gasteiger partial charge in [-0.1, -0.05) is 12.2 Å². The Morgan fingerprint density at radius 3 is 1.94 bits per heavy atom. The second-order valence-corrected chi connectivity index (χ2v) is 15.9. The van der Waals surface area contributed by atoms with Gasteiger partial charge in [0.2, 0.25) is 17.8 Å². The number of fused-ring (bicyclic) bond motifs is 2. The van der Waals surface area contributed by atoms with E-state index in [4.69, 9.17) is 30.9 Å². The van der Waals surface area contributed by atoms with Crippen molar-refractivity contribution in [2.24, 2.45) is 11.5 Å². The van der Waals surface area contributed by atoms with Crippen LogP contribution in [0.2, 0.25) is 0 Å². The predicted octanol–water partition coefficient (Wildman–Crippen LogP) is 2.61. The van der Waals surface area contributed by atoms with E-state index in [0.29, 0.717) is 97.0 Å². The van der Waals surface area contributed by atoms with Gasteiger partial charge in [-0.25, -0.2) is 14.8 Å². The van der Waals surface area contributed by atoms with Crippen molar-refractivity contribution in [3.8, 4) is 5.75 Å². The van der Waals surface area contributed by atoms with Crippen LogP contribution in [0.1, 0.15) is 74.4 Å². The van der Waals surface area contributed by atoms with E-state index in [1.807, 2.05) is 49.0 Å². The average Bonchev–Trinajstić information content (AvgIpc) is 4.05. The number of allylic oxidation sites excluding steroid dienone is 2. The lowest BCUT2D eigenvalue weighted by Gasteiger charge is -2.34. The normalized spacial score (nSPS) is 14.7. The lowest BCUT2D eigenvalue weighted by Crippen LogP contribution is -2.47. The summed E-state index contributed by atoms with van der Waals surface area (Å²) in [6.07, 6.45) is 5.06. The maximum Gasteiger partial charge on any atom is 0.315 e. The second-order valence-electron chi connectivity index (χ2n) is 15.9. The molecule has 1 fully saturated rings. The number of rotatable bonds is 19. The number of benzene rings is 1. The molecule has 0 radical (unpaired) electrons. The number of nitrogens with one attached hydrogen (secondary N) is 2. The summed E-state index contributed by atoms with van der Waals surface area (Å²) in [5, 5.41) is 14.8. The van der Waals surface area contributed by atoms with Crippen molar-refractivity contribution in [2.75, 3.05) is 76.8 Å². The summed E-state index contributed by atoms with van der Waals surface area (Å²) in [5.41, 5.74) is 16.3. The number of carbonyl (C=O) groups excluding carboxylic acids is 4.